The van der Waals surface area contributed by atoms with Gasteiger partial charge in [0.2, 0.25) is 5.91 Å². The normalized spacial score (nSPS) is 22.4. The second-order valence-corrected chi connectivity index (χ2v) is 8.01. The van der Waals surface area contributed by atoms with Crippen LogP contribution in [-0.2, 0) is 11.3 Å². The van der Waals surface area contributed by atoms with Crippen LogP contribution in [0.25, 0.3) is 0 Å². The highest BCUT2D eigenvalue weighted by molar-refractivity contribution is 7.12. The SMILES string of the molecule is COc1cccc(CN2CCC3(CCN(C(=O)c4cccs4)C3)C2=O)c1. The molecular weight excluding hydrogens is 348 g/mol. The number of likely N-dealkylation sites (tertiary alicyclic amines) is 2. The van der Waals surface area contributed by atoms with Crippen molar-refractivity contribution in [2.75, 3.05) is 26.7 Å². The molecule has 2 amide bonds. The van der Waals surface area contributed by atoms with Crippen molar-refractivity contribution >= 4 is 23.2 Å². The smallest absolute Gasteiger partial charge is 0.263 e. The van der Waals surface area contributed by atoms with Crippen LogP contribution in [0.2, 0.25) is 0 Å². The van der Waals surface area contributed by atoms with Gasteiger partial charge in [-0.2, -0.15) is 0 Å². The number of rotatable bonds is 4. The molecule has 2 saturated heterocycles. The Balaban J connectivity index is 1.44. The Labute approximate surface area is 157 Å². The van der Waals surface area contributed by atoms with Gasteiger partial charge < -0.3 is 14.5 Å². The first-order valence-corrected chi connectivity index (χ1v) is 9.74. The second-order valence-electron chi connectivity index (χ2n) is 7.06. The summed E-state index contributed by atoms with van der Waals surface area (Å²) in [6.45, 7) is 2.54. The Morgan fingerprint density at radius 3 is 2.85 bits per heavy atom. The number of amides is 2. The lowest BCUT2D eigenvalue weighted by atomic mass is 9.85. The van der Waals surface area contributed by atoms with E-state index in [0.717, 1.165) is 35.6 Å². The Kier molecular flexibility index (Phi) is 4.44. The van der Waals surface area contributed by atoms with Gasteiger partial charge in [-0.3, -0.25) is 9.59 Å². The fourth-order valence-electron chi connectivity index (χ4n) is 4.02. The fraction of sp³-hybridized carbons (Fsp3) is 0.400. The van der Waals surface area contributed by atoms with Crippen LogP contribution in [0.1, 0.15) is 28.1 Å². The molecule has 1 aromatic heterocycles. The minimum absolute atomic E-state index is 0.0518. The molecule has 0 N–H and O–H groups in total. The Morgan fingerprint density at radius 1 is 1.23 bits per heavy atom. The highest BCUT2D eigenvalue weighted by atomic mass is 32.1. The molecule has 4 rings (SSSR count). The van der Waals surface area contributed by atoms with Gasteiger partial charge in [0.1, 0.15) is 5.75 Å². The third-order valence-corrected chi connectivity index (χ3v) is 6.34. The van der Waals surface area contributed by atoms with Gasteiger partial charge in [0, 0.05) is 26.2 Å². The zero-order chi connectivity index (χ0) is 18.1. The van der Waals surface area contributed by atoms with Crippen molar-refractivity contribution in [3.8, 4) is 5.75 Å². The van der Waals surface area contributed by atoms with Crippen molar-refractivity contribution in [2.45, 2.75) is 19.4 Å². The zero-order valence-corrected chi connectivity index (χ0v) is 15.6. The van der Waals surface area contributed by atoms with Crippen LogP contribution in [0.5, 0.6) is 5.75 Å². The molecular formula is C20H22N2O3S. The van der Waals surface area contributed by atoms with Gasteiger partial charge in [-0.1, -0.05) is 18.2 Å². The Morgan fingerprint density at radius 2 is 2.08 bits per heavy atom. The van der Waals surface area contributed by atoms with Crippen LogP contribution in [0.4, 0.5) is 0 Å². The summed E-state index contributed by atoms with van der Waals surface area (Å²) in [5, 5.41) is 1.91. The maximum atomic E-state index is 13.1. The van der Waals surface area contributed by atoms with Crippen molar-refractivity contribution in [1.82, 2.24) is 9.80 Å². The van der Waals surface area contributed by atoms with E-state index < -0.39 is 5.41 Å². The van der Waals surface area contributed by atoms with Gasteiger partial charge in [-0.05, 0) is 42.0 Å². The molecule has 136 valence electrons. The van der Waals surface area contributed by atoms with Gasteiger partial charge in [0.25, 0.3) is 5.91 Å². The molecule has 2 aromatic rings. The van der Waals surface area contributed by atoms with E-state index in [0.29, 0.717) is 19.6 Å². The monoisotopic (exact) mass is 370 g/mol. The molecule has 1 spiro atoms. The summed E-state index contributed by atoms with van der Waals surface area (Å²) >= 11 is 1.46. The standard InChI is InChI=1S/C20H22N2O3S/c1-25-16-5-2-4-15(12-16)13-21-9-7-20(19(21)24)8-10-22(14-20)18(23)17-6-3-11-26-17/h2-6,11-12H,7-10,13-14H2,1H3. The highest BCUT2D eigenvalue weighted by Crippen LogP contribution is 2.41. The largest absolute Gasteiger partial charge is 0.497 e. The number of nitrogens with zero attached hydrogens (tertiary/aromatic N) is 2. The number of thiophene rings is 1. The molecule has 6 heteroatoms. The van der Waals surface area contributed by atoms with Crippen molar-refractivity contribution < 1.29 is 14.3 Å². The number of methoxy groups -OCH3 is 1. The molecule has 2 aliphatic rings. The van der Waals surface area contributed by atoms with Crippen LogP contribution >= 0.6 is 11.3 Å². The summed E-state index contributed by atoms with van der Waals surface area (Å²) in [7, 11) is 1.65. The van der Waals surface area contributed by atoms with Crippen molar-refractivity contribution in [1.29, 1.82) is 0 Å². The number of ether oxygens (including phenoxy) is 1. The average Bonchev–Trinajstić information content (AvgIpc) is 3.40. The van der Waals surface area contributed by atoms with E-state index in [1.807, 2.05) is 51.6 Å². The van der Waals surface area contributed by atoms with E-state index in [9.17, 15) is 9.59 Å². The number of hydrogen-bond acceptors (Lipinski definition) is 4. The minimum Gasteiger partial charge on any atom is -0.497 e. The Bertz CT molecular complexity index is 820. The van der Waals surface area contributed by atoms with Crippen LogP contribution < -0.4 is 4.74 Å². The third kappa shape index (κ3) is 2.98. The van der Waals surface area contributed by atoms with E-state index in [1.54, 1.807) is 7.11 Å². The van der Waals surface area contributed by atoms with E-state index in [-0.39, 0.29) is 11.8 Å². The molecule has 0 bridgehead atoms. The molecule has 26 heavy (non-hydrogen) atoms. The molecule has 2 fully saturated rings. The molecule has 1 unspecified atom stereocenters. The first-order chi connectivity index (χ1) is 12.6. The molecule has 1 atom stereocenters. The van der Waals surface area contributed by atoms with E-state index in [1.165, 1.54) is 11.3 Å². The van der Waals surface area contributed by atoms with Crippen molar-refractivity contribution in [3.05, 3.63) is 52.2 Å². The maximum absolute atomic E-state index is 13.1. The summed E-state index contributed by atoms with van der Waals surface area (Å²) in [5.41, 5.74) is 0.672. The average molecular weight is 370 g/mol. The number of carbonyl (C=O) groups is 2. The number of carbonyl (C=O) groups excluding carboxylic acids is 2. The third-order valence-electron chi connectivity index (χ3n) is 5.48. The van der Waals surface area contributed by atoms with Crippen LogP contribution in [0, 0.1) is 5.41 Å². The lowest BCUT2D eigenvalue weighted by molar-refractivity contribution is -0.135. The molecule has 3 heterocycles. The summed E-state index contributed by atoms with van der Waals surface area (Å²) in [6, 6.07) is 11.6. The predicted molar refractivity (Wildman–Crippen MR) is 100 cm³/mol. The van der Waals surface area contributed by atoms with Gasteiger partial charge in [0.05, 0.1) is 17.4 Å². The van der Waals surface area contributed by atoms with E-state index in [2.05, 4.69) is 0 Å². The van der Waals surface area contributed by atoms with Gasteiger partial charge >= 0.3 is 0 Å². The maximum Gasteiger partial charge on any atom is 0.263 e. The molecule has 2 aliphatic heterocycles. The van der Waals surface area contributed by atoms with Gasteiger partial charge in [0.15, 0.2) is 0 Å². The summed E-state index contributed by atoms with van der Waals surface area (Å²) in [4.78, 5) is 30.2. The highest BCUT2D eigenvalue weighted by Gasteiger charge is 2.51. The van der Waals surface area contributed by atoms with Crippen LogP contribution in [0.3, 0.4) is 0 Å². The molecule has 5 nitrogen and oxygen atoms in total. The van der Waals surface area contributed by atoms with Crippen molar-refractivity contribution in [2.24, 2.45) is 5.41 Å². The fourth-order valence-corrected chi connectivity index (χ4v) is 4.71. The number of hydrogen-bond donors (Lipinski definition) is 0. The molecule has 0 radical (unpaired) electrons. The van der Waals surface area contributed by atoms with Crippen LogP contribution in [-0.4, -0.2) is 48.4 Å². The molecule has 0 aliphatic carbocycles. The van der Waals surface area contributed by atoms with E-state index >= 15 is 0 Å². The minimum atomic E-state index is -0.397. The first kappa shape index (κ1) is 17.1. The summed E-state index contributed by atoms with van der Waals surface area (Å²) < 4.78 is 5.27. The lowest BCUT2D eigenvalue weighted by Gasteiger charge is -2.23. The zero-order valence-electron chi connectivity index (χ0n) is 14.8. The predicted octanol–water partition coefficient (Wildman–Crippen LogP) is 3.02. The summed E-state index contributed by atoms with van der Waals surface area (Å²) in [6.07, 6.45) is 1.58. The van der Waals surface area contributed by atoms with Gasteiger partial charge in [-0.15, -0.1) is 11.3 Å². The first-order valence-electron chi connectivity index (χ1n) is 8.86. The Hall–Kier alpha value is -2.34. The van der Waals surface area contributed by atoms with Crippen LogP contribution in [0.15, 0.2) is 41.8 Å². The quantitative estimate of drug-likeness (QED) is 0.831. The second kappa shape index (κ2) is 6.76. The van der Waals surface area contributed by atoms with Crippen molar-refractivity contribution in [3.63, 3.8) is 0 Å². The molecule has 0 saturated carbocycles. The summed E-state index contributed by atoms with van der Waals surface area (Å²) in [5.74, 6) is 1.04. The topological polar surface area (TPSA) is 49.9 Å². The number of benzene rings is 1. The van der Waals surface area contributed by atoms with Gasteiger partial charge in [-0.25, -0.2) is 0 Å². The molecule has 1 aromatic carbocycles. The lowest BCUT2D eigenvalue weighted by Crippen LogP contribution is -2.38. The van der Waals surface area contributed by atoms with E-state index in [4.69, 9.17) is 4.74 Å².